The highest BCUT2D eigenvalue weighted by molar-refractivity contribution is 5.87. The van der Waals surface area contributed by atoms with Crippen molar-refractivity contribution in [2.24, 2.45) is 0 Å². The molecule has 2 rings (SSSR count). The lowest BCUT2D eigenvalue weighted by Crippen LogP contribution is -2.41. The van der Waals surface area contributed by atoms with Crippen molar-refractivity contribution in [3.8, 4) is 0 Å². The Morgan fingerprint density at radius 3 is 2.80 bits per heavy atom. The standard InChI is InChI=1S/C13H15NO/c1-3-13(15)14-9-12-7-5-4-6-11(12)8-10(14)2/h3-7,10H,1,8-9H2,2H3/t10-/m0/s1. The maximum Gasteiger partial charge on any atom is 0.246 e. The van der Waals surface area contributed by atoms with Gasteiger partial charge in [0.1, 0.15) is 0 Å². The Morgan fingerprint density at radius 1 is 1.47 bits per heavy atom. The van der Waals surface area contributed by atoms with E-state index in [0.717, 1.165) is 6.42 Å². The number of hydrogen-bond acceptors (Lipinski definition) is 1. The second-order valence-corrected chi connectivity index (χ2v) is 3.99. The van der Waals surface area contributed by atoms with Crippen LogP contribution >= 0.6 is 0 Å². The van der Waals surface area contributed by atoms with Crippen LogP contribution < -0.4 is 0 Å². The number of nitrogens with zero attached hydrogens (tertiary/aromatic N) is 1. The number of amides is 1. The van der Waals surface area contributed by atoms with Gasteiger partial charge in [-0.1, -0.05) is 30.8 Å². The zero-order valence-electron chi connectivity index (χ0n) is 8.94. The molecule has 1 atom stereocenters. The number of fused-ring (bicyclic) bond motifs is 1. The number of benzene rings is 1. The molecule has 0 aromatic heterocycles. The van der Waals surface area contributed by atoms with E-state index in [1.54, 1.807) is 0 Å². The second kappa shape index (κ2) is 3.89. The minimum atomic E-state index is 0.0250. The molecule has 0 bridgehead atoms. The third-order valence-electron chi connectivity index (χ3n) is 2.96. The molecule has 0 N–H and O–H groups in total. The Labute approximate surface area is 90.2 Å². The first kappa shape index (κ1) is 9.97. The zero-order chi connectivity index (χ0) is 10.8. The number of carbonyl (C=O) groups is 1. The molecule has 0 aliphatic carbocycles. The average molecular weight is 201 g/mol. The summed E-state index contributed by atoms with van der Waals surface area (Å²) < 4.78 is 0. The van der Waals surface area contributed by atoms with Crippen molar-refractivity contribution in [3.05, 3.63) is 48.0 Å². The van der Waals surface area contributed by atoms with Crippen LogP contribution in [0, 0.1) is 0 Å². The van der Waals surface area contributed by atoms with Gasteiger partial charge in [-0.25, -0.2) is 0 Å². The van der Waals surface area contributed by atoms with Crippen molar-refractivity contribution in [3.63, 3.8) is 0 Å². The van der Waals surface area contributed by atoms with E-state index in [2.05, 4.69) is 31.7 Å². The molecule has 15 heavy (non-hydrogen) atoms. The Bertz CT molecular complexity index is 397. The van der Waals surface area contributed by atoms with Crippen LogP contribution in [0.3, 0.4) is 0 Å². The highest BCUT2D eigenvalue weighted by Gasteiger charge is 2.24. The van der Waals surface area contributed by atoms with E-state index >= 15 is 0 Å². The van der Waals surface area contributed by atoms with Crippen LogP contribution in [0.25, 0.3) is 0 Å². The van der Waals surface area contributed by atoms with Crippen LogP contribution in [0.2, 0.25) is 0 Å². The largest absolute Gasteiger partial charge is 0.332 e. The summed E-state index contributed by atoms with van der Waals surface area (Å²) in [5.74, 6) is 0.0250. The van der Waals surface area contributed by atoms with Gasteiger partial charge in [-0.2, -0.15) is 0 Å². The van der Waals surface area contributed by atoms with E-state index < -0.39 is 0 Å². The SMILES string of the molecule is C=CC(=O)N1Cc2ccccc2C[C@@H]1C. The number of hydrogen-bond donors (Lipinski definition) is 0. The molecule has 0 spiro atoms. The molecule has 1 amide bonds. The first-order valence-corrected chi connectivity index (χ1v) is 5.22. The van der Waals surface area contributed by atoms with Crippen LogP contribution in [-0.4, -0.2) is 16.8 Å². The Hall–Kier alpha value is -1.57. The van der Waals surface area contributed by atoms with E-state index in [1.165, 1.54) is 17.2 Å². The fourth-order valence-electron chi connectivity index (χ4n) is 2.09. The van der Waals surface area contributed by atoms with E-state index in [-0.39, 0.29) is 11.9 Å². The van der Waals surface area contributed by atoms with Crippen LogP contribution in [0.1, 0.15) is 18.1 Å². The predicted molar refractivity (Wildman–Crippen MR) is 60.4 cm³/mol. The maximum atomic E-state index is 11.6. The highest BCUT2D eigenvalue weighted by Crippen LogP contribution is 2.22. The summed E-state index contributed by atoms with van der Waals surface area (Å²) in [4.78, 5) is 13.5. The van der Waals surface area contributed by atoms with Gasteiger partial charge in [0.05, 0.1) is 0 Å². The molecule has 1 aliphatic heterocycles. The molecule has 78 valence electrons. The highest BCUT2D eigenvalue weighted by atomic mass is 16.2. The van der Waals surface area contributed by atoms with Crippen molar-refractivity contribution in [1.29, 1.82) is 0 Å². The molecule has 1 aliphatic rings. The van der Waals surface area contributed by atoms with Crippen molar-refractivity contribution >= 4 is 5.91 Å². The van der Waals surface area contributed by atoms with E-state index in [1.807, 2.05) is 11.0 Å². The summed E-state index contributed by atoms with van der Waals surface area (Å²) in [5, 5.41) is 0. The minimum Gasteiger partial charge on any atom is -0.332 e. The molecule has 2 nitrogen and oxygen atoms in total. The molecular formula is C13H15NO. The molecule has 0 radical (unpaired) electrons. The summed E-state index contributed by atoms with van der Waals surface area (Å²) in [7, 11) is 0. The minimum absolute atomic E-state index is 0.0250. The van der Waals surface area contributed by atoms with Gasteiger partial charge in [0, 0.05) is 12.6 Å². The smallest absolute Gasteiger partial charge is 0.246 e. The van der Waals surface area contributed by atoms with E-state index in [0.29, 0.717) is 6.54 Å². The van der Waals surface area contributed by atoms with Crippen LogP contribution in [-0.2, 0) is 17.8 Å². The summed E-state index contributed by atoms with van der Waals surface area (Å²) in [6.07, 6.45) is 2.33. The Morgan fingerprint density at radius 2 is 2.13 bits per heavy atom. The van der Waals surface area contributed by atoms with E-state index in [9.17, 15) is 4.79 Å². The van der Waals surface area contributed by atoms with E-state index in [4.69, 9.17) is 0 Å². The van der Waals surface area contributed by atoms with Gasteiger partial charge in [-0.3, -0.25) is 4.79 Å². The first-order valence-electron chi connectivity index (χ1n) is 5.22. The summed E-state index contributed by atoms with van der Waals surface area (Å²) in [6, 6.07) is 8.57. The molecule has 0 saturated carbocycles. The average Bonchev–Trinajstić information content (AvgIpc) is 2.27. The zero-order valence-corrected chi connectivity index (χ0v) is 8.94. The van der Waals surface area contributed by atoms with Crippen LogP contribution in [0.15, 0.2) is 36.9 Å². The summed E-state index contributed by atoms with van der Waals surface area (Å²) in [5.41, 5.74) is 2.61. The fourth-order valence-corrected chi connectivity index (χ4v) is 2.09. The molecule has 1 aromatic rings. The molecule has 0 fully saturated rings. The van der Waals surface area contributed by atoms with Crippen LogP contribution in [0.4, 0.5) is 0 Å². The summed E-state index contributed by atoms with van der Waals surface area (Å²) >= 11 is 0. The molecule has 1 heterocycles. The summed E-state index contributed by atoms with van der Waals surface area (Å²) in [6.45, 7) is 6.33. The topological polar surface area (TPSA) is 20.3 Å². The lowest BCUT2D eigenvalue weighted by atomic mass is 9.95. The fraction of sp³-hybridized carbons (Fsp3) is 0.308. The van der Waals surface area contributed by atoms with Gasteiger partial charge in [-0.05, 0) is 30.5 Å². The number of rotatable bonds is 1. The van der Waals surface area contributed by atoms with Crippen molar-refractivity contribution in [2.75, 3.05) is 0 Å². The molecule has 0 unspecified atom stereocenters. The molecule has 0 saturated heterocycles. The van der Waals surface area contributed by atoms with Gasteiger partial charge in [0.2, 0.25) is 5.91 Å². The molecule has 1 aromatic carbocycles. The first-order chi connectivity index (χ1) is 7.22. The Kier molecular flexibility index (Phi) is 2.58. The third kappa shape index (κ3) is 1.80. The lowest BCUT2D eigenvalue weighted by molar-refractivity contribution is -0.129. The normalized spacial score (nSPS) is 19.5. The van der Waals surface area contributed by atoms with Gasteiger partial charge in [0.15, 0.2) is 0 Å². The van der Waals surface area contributed by atoms with Gasteiger partial charge in [-0.15, -0.1) is 0 Å². The predicted octanol–water partition coefficient (Wildman–Crippen LogP) is 2.15. The van der Waals surface area contributed by atoms with Gasteiger partial charge >= 0.3 is 0 Å². The Balaban J connectivity index is 2.29. The third-order valence-corrected chi connectivity index (χ3v) is 2.96. The lowest BCUT2D eigenvalue weighted by Gasteiger charge is -2.34. The van der Waals surface area contributed by atoms with Gasteiger partial charge < -0.3 is 4.90 Å². The monoisotopic (exact) mass is 201 g/mol. The second-order valence-electron chi connectivity index (χ2n) is 3.99. The molecular weight excluding hydrogens is 186 g/mol. The van der Waals surface area contributed by atoms with Crippen molar-refractivity contribution < 1.29 is 4.79 Å². The van der Waals surface area contributed by atoms with Crippen molar-refractivity contribution in [1.82, 2.24) is 4.90 Å². The maximum absolute atomic E-state index is 11.6. The number of carbonyl (C=O) groups excluding carboxylic acids is 1. The van der Waals surface area contributed by atoms with Crippen molar-refractivity contribution in [2.45, 2.75) is 25.9 Å². The van der Waals surface area contributed by atoms with Gasteiger partial charge in [0.25, 0.3) is 0 Å². The quantitative estimate of drug-likeness (QED) is 0.637. The molecule has 2 heteroatoms. The van der Waals surface area contributed by atoms with Crippen LogP contribution in [0.5, 0.6) is 0 Å².